The van der Waals surface area contributed by atoms with Crippen LogP contribution in [-0.2, 0) is 19.4 Å². The Balaban J connectivity index is 1.64. The summed E-state index contributed by atoms with van der Waals surface area (Å²) in [4.78, 5) is 4.57. The first-order chi connectivity index (χ1) is 8.83. The summed E-state index contributed by atoms with van der Waals surface area (Å²) in [5.74, 6) is 0. The summed E-state index contributed by atoms with van der Waals surface area (Å²) in [6.45, 7) is 3.27. The molecule has 2 aromatic rings. The third kappa shape index (κ3) is 2.68. The molecule has 1 aliphatic rings. The number of aryl methyl sites for hydroxylation is 2. The first-order valence-electron chi connectivity index (χ1n) is 6.70. The first-order valence-corrected chi connectivity index (χ1v) is 8.40. The number of nitrogens with one attached hydrogen (secondary N) is 1. The molecule has 0 aromatic carbocycles. The van der Waals surface area contributed by atoms with Crippen LogP contribution in [0, 0.1) is 0 Å². The van der Waals surface area contributed by atoms with Gasteiger partial charge in [-0.05, 0) is 55.7 Å². The van der Waals surface area contributed by atoms with Gasteiger partial charge in [0.2, 0.25) is 0 Å². The van der Waals surface area contributed by atoms with E-state index in [0.29, 0.717) is 6.04 Å². The summed E-state index contributed by atoms with van der Waals surface area (Å²) in [6.07, 6.45) is 5.35. The van der Waals surface area contributed by atoms with Crippen molar-refractivity contribution in [1.29, 1.82) is 0 Å². The van der Waals surface area contributed by atoms with Crippen LogP contribution in [0.5, 0.6) is 0 Å². The lowest BCUT2D eigenvalue weighted by molar-refractivity contribution is 0.587. The van der Waals surface area contributed by atoms with E-state index in [1.54, 1.807) is 10.4 Å². The van der Waals surface area contributed by atoms with Crippen molar-refractivity contribution in [1.82, 2.24) is 5.32 Å². The van der Waals surface area contributed by atoms with E-state index in [-0.39, 0.29) is 0 Å². The van der Waals surface area contributed by atoms with E-state index < -0.39 is 0 Å². The lowest BCUT2D eigenvalue weighted by atomic mass is 9.99. The Labute approximate surface area is 117 Å². The summed E-state index contributed by atoms with van der Waals surface area (Å²) in [6, 6.07) is 7.23. The second kappa shape index (κ2) is 5.55. The normalized spacial score (nSPS) is 16.5. The van der Waals surface area contributed by atoms with Crippen LogP contribution in [0.25, 0.3) is 0 Å². The lowest BCUT2D eigenvalue weighted by Gasteiger charge is -2.10. The topological polar surface area (TPSA) is 12.0 Å². The zero-order chi connectivity index (χ0) is 12.4. The third-order valence-corrected chi connectivity index (χ3v) is 5.90. The zero-order valence-corrected chi connectivity index (χ0v) is 12.4. The molecule has 0 radical (unpaired) electrons. The molecule has 0 spiro atoms. The molecule has 1 aliphatic carbocycles. The standard InChI is InChI=1S/C15H19NS2/c1-11(16-10-13-6-4-8-17-13)15-9-12-5-2-3-7-14(12)18-15/h4,6,8-9,11,16H,2-3,5,7,10H2,1H3. The van der Waals surface area contributed by atoms with Crippen molar-refractivity contribution >= 4 is 22.7 Å². The Kier molecular flexibility index (Phi) is 3.83. The van der Waals surface area contributed by atoms with Gasteiger partial charge >= 0.3 is 0 Å². The Bertz CT molecular complexity index is 475. The van der Waals surface area contributed by atoms with E-state index in [1.165, 1.54) is 35.4 Å². The van der Waals surface area contributed by atoms with Crippen LogP contribution in [0.15, 0.2) is 23.6 Å². The number of hydrogen-bond donors (Lipinski definition) is 1. The van der Waals surface area contributed by atoms with E-state index >= 15 is 0 Å². The molecule has 2 aromatic heterocycles. The highest BCUT2D eigenvalue weighted by molar-refractivity contribution is 7.12. The Morgan fingerprint density at radius 3 is 3.00 bits per heavy atom. The predicted molar refractivity (Wildman–Crippen MR) is 80.5 cm³/mol. The molecule has 0 amide bonds. The molecular formula is C15H19NS2. The fourth-order valence-electron chi connectivity index (χ4n) is 2.49. The van der Waals surface area contributed by atoms with Crippen molar-refractivity contribution < 1.29 is 0 Å². The van der Waals surface area contributed by atoms with Crippen molar-refractivity contribution in [2.45, 2.75) is 45.2 Å². The molecule has 0 saturated carbocycles. The monoisotopic (exact) mass is 277 g/mol. The summed E-state index contributed by atoms with van der Waals surface area (Å²) in [5.41, 5.74) is 1.62. The van der Waals surface area contributed by atoms with Gasteiger partial charge in [0.25, 0.3) is 0 Å². The maximum absolute atomic E-state index is 3.63. The SMILES string of the molecule is CC(NCc1cccs1)c1cc2c(s1)CCCC2. The van der Waals surface area contributed by atoms with Crippen molar-refractivity contribution in [2.75, 3.05) is 0 Å². The minimum absolute atomic E-state index is 0.475. The minimum atomic E-state index is 0.475. The maximum atomic E-state index is 3.63. The second-order valence-electron chi connectivity index (χ2n) is 4.99. The van der Waals surface area contributed by atoms with Gasteiger partial charge in [-0.2, -0.15) is 0 Å². The largest absolute Gasteiger partial charge is 0.305 e. The summed E-state index contributed by atoms with van der Waals surface area (Å²) < 4.78 is 0. The van der Waals surface area contributed by atoms with Crippen LogP contribution < -0.4 is 5.32 Å². The Morgan fingerprint density at radius 2 is 2.22 bits per heavy atom. The van der Waals surface area contributed by atoms with Gasteiger partial charge < -0.3 is 5.32 Å². The molecule has 3 rings (SSSR count). The van der Waals surface area contributed by atoms with Gasteiger partial charge in [0, 0.05) is 27.2 Å². The smallest absolute Gasteiger partial charge is 0.0389 e. The summed E-state index contributed by atoms with van der Waals surface area (Å²) in [5, 5.41) is 5.78. The molecule has 96 valence electrons. The van der Waals surface area contributed by atoms with Gasteiger partial charge in [0.05, 0.1) is 0 Å². The van der Waals surface area contributed by atoms with Crippen LogP contribution in [0.1, 0.15) is 46.0 Å². The third-order valence-electron chi connectivity index (χ3n) is 3.61. The molecule has 1 unspecified atom stereocenters. The van der Waals surface area contributed by atoms with Gasteiger partial charge in [-0.25, -0.2) is 0 Å². The fraction of sp³-hybridized carbons (Fsp3) is 0.467. The molecule has 0 aliphatic heterocycles. The van der Waals surface area contributed by atoms with E-state index in [0.717, 1.165) is 6.54 Å². The Morgan fingerprint density at radius 1 is 1.33 bits per heavy atom. The summed E-state index contributed by atoms with van der Waals surface area (Å²) in [7, 11) is 0. The lowest BCUT2D eigenvalue weighted by Crippen LogP contribution is -2.16. The van der Waals surface area contributed by atoms with Gasteiger partial charge in [0.15, 0.2) is 0 Å². The minimum Gasteiger partial charge on any atom is -0.305 e. The van der Waals surface area contributed by atoms with Crippen molar-refractivity contribution in [3.05, 3.63) is 43.8 Å². The quantitative estimate of drug-likeness (QED) is 0.865. The molecule has 0 bridgehead atoms. The van der Waals surface area contributed by atoms with Crippen LogP contribution in [-0.4, -0.2) is 0 Å². The highest BCUT2D eigenvalue weighted by Crippen LogP contribution is 2.32. The number of rotatable bonds is 4. The maximum Gasteiger partial charge on any atom is 0.0389 e. The van der Waals surface area contributed by atoms with E-state index in [1.807, 2.05) is 22.7 Å². The molecule has 1 N–H and O–H groups in total. The van der Waals surface area contributed by atoms with Crippen molar-refractivity contribution in [2.24, 2.45) is 0 Å². The van der Waals surface area contributed by atoms with Crippen molar-refractivity contribution in [3.63, 3.8) is 0 Å². The average molecular weight is 277 g/mol. The van der Waals surface area contributed by atoms with Crippen molar-refractivity contribution in [3.8, 4) is 0 Å². The number of hydrogen-bond acceptors (Lipinski definition) is 3. The van der Waals surface area contributed by atoms with Crippen LogP contribution in [0.3, 0.4) is 0 Å². The predicted octanol–water partition coefficient (Wildman–Crippen LogP) is 4.54. The number of fused-ring (bicyclic) bond motifs is 1. The molecule has 3 heteroatoms. The van der Waals surface area contributed by atoms with E-state index in [2.05, 4.69) is 35.8 Å². The van der Waals surface area contributed by atoms with E-state index in [4.69, 9.17) is 0 Å². The molecular weight excluding hydrogens is 258 g/mol. The molecule has 2 heterocycles. The highest BCUT2D eigenvalue weighted by Gasteiger charge is 2.16. The second-order valence-corrected chi connectivity index (χ2v) is 7.19. The first kappa shape index (κ1) is 12.4. The highest BCUT2D eigenvalue weighted by atomic mass is 32.1. The van der Waals surface area contributed by atoms with E-state index in [9.17, 15) is 0 Å². The molecule has 0 fully saturated rings. The van der Waals surface area contributed by atoms with Gasteiger partial charge in [-0.3, -0.25) is 0 Å². The van der Waals surface area contributed by atoms with Gasteiger partial charge in [0.1, 0.15) is 0 Å². The molecule has 1 atom stereocenters. The number of thiophene rings is 2. The fourth-order valence-corrected chi connectivity index (χ4v) is 4.43. The van der Waals surface area contributed by atoms with Crippen LogP contribution in [0.4, 0.5) is 0 Å². The average Bonchev–Trinajstić information content (AvgIpc) is 3.04. The molecule has 1 nitrogen and oxygen atoms in total. The summed E-state index contributed by atoms with van der Waals surface area (Å²) >= 11 is 3.85. The van der Waals surface area contributed by atoms with Gasteiger partial charge in [-0.15, -0.1) is 22.7 Å². The van der Waals surface area contributed by atoms with Gasteiger partial charge in [-0.1, -0.05) is 6.07 Å². The van der Waals surface area contributed by atoms with Crippen LogP contribution >= 0.6 is 22.7 Å². The molecule has 18 heavy (non-hydrogen) atoms. The Hall–Kier alpha value is -0.640. The molecule has 0 saturated heterocycles. The zero-order valence-electron chi connectivity index (χ0n) is 10.7. The van der Waals surface area contributed by atoms with Crippen LogP contribution in [0.2, 0.25) is 0 Å².